The topological polar surface area (TPSA) is 62.7 Å². The maximum Gasteiger partial charge on any atom is 0.354 e. The molecule has 0 spiro atoms. The van der Waals surface area contributed by atoms with E-state index < -0.39 is 5.97 Å². The van der Waals surface area contributed by atoms with Gasteiger partial charge in [-0.1, -0.05) is 6.07 Å². The van der Waals surface area contributed by atoms with Crippen LogP contribution in [0.2, 0.25) is 0 Å². The molecule has 5 heteroatoms. The molecule has 1 aliphatic rings. The molecule has 0 radical (unpaired) electrons. The van der Waals surface area contributed by atoms with Gasteiger partial charge in [0.2, 0.25) is 0 Å². The quantitative estimate of drug-likeness (QED) is 0.792. The van der Waals surface area contributed by atoms with Gasteiger partial charge < -0.3 is 9.84 Å². The van der Waals surface area contributed by atoms with Gasteiger partial charge in [0.05, 0.1) is 6.61 Å². The summed E-state index contributed by atoms with van der Waals surface area (Å²) >= 11 is 0. The number of carboxylic acid groups (broad SMARTS) is 1. The van der Waals surface area contributed by atoms with Gasteiger partial charge in [-0.25, -0.2) is 9.78 Å². The van der Waals surface area contributed by atoms with Crippen molar-refractivity contribution < 1.29 is 14.6 Å². The predicted molar refractivity (Wildman–Crippen MR) is 66.5 cm³/mol. The van der Waals surface area contributed by atoms with Gasteiger partial charge in [0.1, 0.15) is 0 Å². The number of rotatable bonds is 7. The first-order valence-electron chi connectivity index (χ1n) is 6.12. The summed E-state index contributed by atoms with van der Waals surface area (Å²) in [6.07, 6.45) is 3.89. The lowest BCUT2D eigenvalue weighted by molar-refractivity contribution is 0.0687. The van der Waals surface area contributed by atoms with E-state index in [-0.39, 0.29) is 5.69 Å². The van der Waals surface area contributed by atoms with Crippen LogP contribution >= 0.6 is 0 Å². The molecule has 5 nitrogen and oxygen atoms in total. The number of carboxylic acids is 1. The number of aromatic nitrogens is 1. The van der Waals surface area contributed by atoms with Crippen molar-refractivity contribution in [2.24, 2.45) is 0 Å². The van der Waals surface area contributed by atoms with E-state index in [1.54, 1.807) is 13.2 Å². The predicted octanol–water partition coefficient (Wildman–Crippen LogP) is 1.39. The molecule has 0 saturated heterocycles. The van der Waals surface area contributed by atoms with Crippen molar-refractivity contribution in [3.05, 3.63) is 29.6 Å². The number of ether oxygens (including phenoxy) is 1. The van der Waals surface area contributed by atoms with Crippen LogP contribution in [-0.4, -0.2) is 47.3 Å². The lowest BCUT2D eigenvalue weighted by Crippen LogP contribution is -2.30. The molecule has 0 aromatic carbocycles. The van der Waals surface area contributed by atoms with Crippen molar-refractivity contribution in [3.63, 3.8) is 0 Å². The molecular weight excluding hydrogens is 232 g/mol. The molecule has 0 aliphatic heterocycles. The minimum atomic E-state index is -0.965. The lowest BCUT2D eigenvalue weighted by atomic mass is 10.1. The van der Waals surface area contributed by atoms with Gasteiger partial charge in [0.25, 0.3) is 0 Å². The first kappa shape index (κ1) is 13.0. The fraction of sp³-hybridized carbons (Fsp3) is 0.538. The number of methoxy groups -OCH3 is 1. The minimum absolute atomic E-state index is 0.153. The Morgan fingerprint density at radius 3 is 3.00 bits per heavy atom. The fourth-order valence-electron chi connectivity index (χ4n) is 2.02. The van der Waals surface area contributed by atoms with E-state index in [0.29, 0.717) is 19.2 Å². The Bertz CT molecular complexity index is 418. The Kier molecular flexibility index (Phi) is 4.28. The van der Waals surface area contributed by atoms with E-state index in [9.17, 15) is 4.79 Å². The van der Waals surface area contributed by atoms with E-state index in [1.165, 1.54) is 19.0 Å². The van der Waals surface area contributed by atoms with Gasteiger partial charge in [-0.05, 0) is 24.5 Å². The second-order valence-corrected chi connectivity index (χ2v) is 4.51. The average molecular weight is 250 g/mol. The lowest BCUT2D eigenvalue weighted by Gasteiger charge is -2.22. The minimum Gasteiger partial charge on any atom is -0.477 e. The second kappa shape index (κ2) is 5.93. The van der Waals surface area contributed by atoms with Crippen LogP contribution in [0.4, 0.5) is 0 Å². The maximum atomic E-state index is 11.1. The Morgan fingerprint density at radius 1 is 1.61 bits per heavy atom. The first-order valence-corrected chi connectivity index (χ1v) is 6.12. The molecule has 0 atom stereocenters. The van der Waals surface area contributed by atoms with Crippen molar-refractivity contribution in [1.29, 1.82) is 0 Å². The highest BCUT2D eigenvalue weighted by Gasteiger charge is 2.29. The van der Waals surface area contributed by atoms with Crippen LogP contribution in [0.5, 0.6) is 0 Å². The molecule has 1 aromatic heterocycles. The van der Waals surface area contributed by atoms with Crippen LogP contribution < -0.4 is 0 Å². The molecule has 1 aliphatic carbocycles. The third kappa shape index (κ3) is 3.27. The fourth-order valence-corrected chi connectivity index (χ4v) is 2.02. The standard InChI is InChI=1S/C13H18N2O3/c1-18-8-7-15(11-4-5-11)9-10-3-2-6-14-12(10)13(16)17/h2-3,6,11H,4-5,7-9H2,1H3,(H,16,17). The van der Waals surface area contributed by atoms with Crippen LogP contribution in [0.1, 0.15) is 28.9 Å². The highest BCUT2D eigenvalue weighted by Crippen LogP contribution is 2.28. The number of aromatic carboxylic acids is 1. The first-order chi connectivity index (χ1) is 8.72. The Labute approximate surface area is 106 Å². The average Bonchev–Trinajstić information content (AvgIpc) is 3.19. The van der Waals surface area contributed by atoms with Crippen molar-refractivity contribution in [2.75, 3.05) is 20.3 Å². The summed E-state index contributed by atoms with van der Waals surface area (Å²) in [5.41, 5.74) is 0.925. The Hall–Kier alpha value is -1.46. The van der Waals surface area contributed by atoms with Crippen molar-refractivity contribution >= 4 is 5.97 Å². The van der Waals surface area contributed by atoms with E-state index in [4.69, 9.17) is 9.84 Å². The SMILES string of the molecule is COCCN(Cc1cccnc1C(=O)O)C1CC1. The highest BCUT2D eigenvalue weighted by molar-refractivity contribution is 5.86. The van der Waals surface area contributed by atoms with E-state index in [2.05, 4.69) is 9.88 Å². The zero-order chi connectivity index (χ0) is 13.0. The Balaban J connectivity index is 2.08. The summed E-state index contributed by atoms with van der Waals surface area (Å²) in [5.74, 6) is -0.965. The van der Waals surface area contributed by atoms with E-state index in [1.807, 2.05) is 6.07 Å². The molecule has 2 rings (SSSR count). The van der Waals surface area contributed by atoms with Crippen LogP contribution in [0.15, 0.2) is 18.3 Å². The van der Waals surface area contributed by atoms with Crippen LogP contribution in [0.25, 0.3) is 0 Å². The van der Waals surface area contributed by atoms with Crippen LogP contribution in [-0.2, 0) is 11.3 Å². The summed E-state index contributed by atoms with van der Waals surface area (Å²) in [6.45, 7) is 2.12. The molecule has 0 unspecified atom stereocenters. The molecule has 1 aromatic rings. The van der Waals surface area contributed by atoms with Gasteiger partial charge in [0, 0.05) is 32.4 Å². The van der Waals surface area contributed by atoms with Gasteiger partial charge in [-0.2, -0.15) is 0 Å². The molecule has 1 N–H and O–H groups in total. The molecule has 1 fully saturated rings. The van der Waals surface area contributed by atoms with E-state index in [0.717, 1.165) is 12.1 Å². The van der Waals surface area contributed by atoms with Gasteiger partial charge >= 0.3 is 5.97 Å². The maximum absolute atomic E-state index is 11.1. The zero-order valence-electron chi connectivity index (χ0n) is 10.5. The number of pyridine rings is 1. The zero-order valence-corrected chi connectivity index (χ0v) is 10.5. The third-order valence-electron chi connectivity index (χ3n) is 3.11. The normalized spacial score (nSPS) is 15.0. The summed E-state index contributed by atoms with van der Waals surface area (Å²) in [7, 11) is 1.68. The summed E-state index contributed by atoms with van der Waals surface area (Å²) < 4.78 is 5.09. The van der Waals surface area contributed by atoms with Gasteiger partial charge in [0.15, 0.2) is 5.69 Å². The number of carbonyl (C=O) groups is 1. The summed E-state index contributed by atoms with van der Waals surface area (Å²) in [6, 6.07) is 4.18. The Morgan fingerprint density at radius 2 is 2.39 bits per heavy atom. The summed E-state index contributed by atoms with van der Waals surface area (Å²) in [4.78, 5) is 17.3. The summed E-state index contributed by atoms with van der Waals surface area (Å²) in [5, 5.41) is 9.10. The number of nitrogens with zero attached hydrogens (tertiary/aromatic N) is 2. The number of hydrogen-bond acceptors (Lipinski definition) is 4. The molecule has 0 amide bonds. The van der Waals surface area contributed by atoms with Crippen molar-refractivity contribution in [3.8, 4) is 0 Å². The van der Waals surface area contributed by atoms with Crippen molar-refractivity contribution in [2.45, 2.75) is 25.4 Å². The number of hydrogen-bond donors (Lipinski definition) is 1. The van der Waals surface area contributed by atoms with Crippen LogP contribution in [0.3, 0.4) is 0 Å². The molecule has 1 saturated carbocycles. The third-order valence-corrected chi connectivity index (χ3v) is 3.11. The van der Waals surface area contributed by atoms with Gasteiger partial charge in [-0.15, -0.1) is 0 Å². The molecule has 18 heavy (non-hydrogen) atoms. The molecule has 1 heterocycles. The monoisotopic (exact) mass is 250 g/mol. The largest absolute Gasteiger partial charge is 0.477 e. The van der Waals surface area contributed by atoms with E-state index >= 15 is 0 Å². The second-order valence-electron chi connectivity index (χ2n) is 4.51. The molecule has 98 valence electrons. The van der Waals surface area contributed by atoms with Crippen LogP contribution in [0, 0.1) is 0 Å². The molecular formula is C13H18N2O3. The van der Waals surface area contributed by atoms with Crippen molar-refractivity contribution in [1.82, 2.24) is 9.88 Å². The highest BCUT2D eigenvalue weighted by atomic mass is 16.5. The smallest absolute Gasteiger partial charge is 0.354 e. The van der Waals surface area contributed by atoms with Gasteiger partial charge in [-0.3, -0.25) is 4.90 Å². The molecule has 0 bridgehead atoms.